The number of fused-ring (bicyclic) bond motifs is 1. The lowest BCUT2D eigenvalue weighted by Crippen LogP contribution is -2.72. The van der Waals surface area contributed by atoms with E-state index in [1.807, 2.05) is 60.7 Å². The van der Waals surface area contributed by atoms with Gasteiger partial charge in [0.2, 0.25) is 0 Å². The number of β-lactam (4-membered cyclic amide) rings is 1. The molecule has 1 fully saturated rings. The highest BCUT2D eigenvalue weighted by Gasteiger charge is 2.64. The fraction of sp³-hybridized carbons (Fsp3) is 0.212. The summed E-state index contributed by atoms with van der Waals surface area (Å²) >= 11 is 1.39. The van der Waals surface area contributed by atoms with Crippen LogP contribution in [0.4, 0.5) is 5.69 Å². The Hall–Kier alpha value is -5.03. The summed E-state index contributed by atoms with van der Waals surface area (Å²) in [6.07, 6.45) is 2.54. The molecule has 0 unspecified atom stereocenters. The third-order valence-corrected chi connectivity index (χ3v) is 8.73. The zero-order valence-corrected chi connectivity index (χ0v) is 24.6. The fourth-order valence-electron chi connectivity index (χ4n) is 5.16. The first kappa shape index (κ1) is 30.4. The largest absolute Gasteiger partial charge is 0.461 e. The molecule has 0 bridgehead atoms. The second kappa shape index (κ2) is 13.1. The zero-order valence-electron chi connectivity index (χ0n) is 23.8. The van der Waals surface area contributed by atoms with Gasteiger partial charge in [-0.25, -0.2) is 4.79 Å². The number of amides is 1. The Kier molecular flexibility index (Phi) is 9.05. The Morgan fingerprint density at radius 1 is 1.09 bits per heavy atom. The van der Waals surface area contributed by atoms with E-state index in [0.717, 1.165) is 11.1 Å². The van der Waals surface area contributed by atoms with Gasteiger partial charge < -0.3 is 9.47 Å². The van der Waals surface area contributed by atoms with Gasteiger partial charge in [-0.1, -0.05) is 66.7 Å². The van der Waals surface area contributed by atoms with Crippen LogP contribution in [-0.2, 0) is 23.9 Å². The van der Waals surface area contributed by atoms with Crippen LogP contribution in [0.2, 0.25) is 0 Å². The number of ether oxygens (including phenoxy) is 2. The van der Waals surface area contributed by atoms with Gasteiger partial charge >= 0.3 is 11.9 Å². The Balaban J connectivity index is 1.49. The van der Waals surface area contributed by atoms with Crippen molar-refractivity contribution in [1.82, 2.24) is 4.90 Å². The molecule has 11 heteroatoms. The van der Waals surface area contributed by atoms with Gasteiger partial charge in [0.25, 0.3) is 11.6 Å². The maximum atomic E-state index is 14.0. The lowest BCUT2D eigenvalue weighted by Gasteiger charge is -2.55. The molecule has 224 valence electrons. The van der Waals surface area contributed by atoms with Crippen LogP contribution in [0.5, 0.6) is 0 Å². The van der Waals surface area contributed by atoms with Crippen molar-refractivity contribution in [3.05, 3.63) is 136 Å². The summed E-state index contributed by atoms with van der Waals surface area (Å²) in [5.74, 6) is -1.39. The molecule has 0 aromatic heterocycles. The predicted octanol–water partition coefficient (Wildman–Crippen LogP) is 5.39. The molecule has 1 saturated heterocycles. The van der Waals surface area contributed by atoms with Crippen LogP contribution in [0.15, 0.2) is 114 Å². The third kappa shape index (κ3) is 6.04. The van der Waals surface area contributed by atoms with Crippen LogP contribution in [0.3, 0.4) is 0 Å². The first-order valence-corrected chi connectivity index (χ1v) is 14.8. The predicted molar refractivity (Wildman–Crippen MR) is 166 cm³/mol. The molecular formula is C33H29N3O7S. The molecule has 0 N–H and O–H groups in total. The second-order valence-corrected chi connectivity index (χ2v) is 11.3. The number of nitrogens with zero attached hydrogens (tertiary/aromatic N) is 3. The van der Waals surface area contributed by atoms with Crippen molar-refractivity contribution in [2.24, 2.45) is 4.99 Å². The van der Waals surface area contributed by atoms with E-state index in [4.69, 9.17) is 9.47 Å². The summed E-state index contributed by atoms with van der Waals surface area (Å²) in [4.78, 5) is 56.3. The van der Waals surface area contributed by atoms with Gasteiger partial charge in [0.15, 0.2) is 11.6 Å². The van der Waals surface area contributed by atoms with E-state index in [9.17, 15) is 24.5 Å². The van der Waals surface area contributed by atoms with Crippen molar-refractivity contribution in [3.8, 4) is 0 Å². The van der Waals surface area contributed by atoms with Gasteiger partial charge in [0.05, 0.1) is 4.92 Å². The number of carbonyl (C=O) groups excluding carboxylic acids is 3. The van der Waals surface area contributed by atoms with E-state index in [1.165, 1.54) is 41.9 Å². The quantitative estimate of drug-likeness (QED) is 0.0705. The van der Waals surface area contributed by atoms with Crippen LogP contribution in [0.1, 0.15) is 36.1 Å². The van der Waals surface area contributed by atoms with Crippen molar-refractivity contribution in [2.75, 3.05) is 12.4 Å². The minimum absolute atomic E-state index is 0.0297. The van der Waals surface area contributed by atoms with E-state index in [1.54, 1.807) is 18.2 Å². The number of non-ortho nitro benzene ring substituents is 1. The third-order valence-electron chi connectivity index (χ3n) is 7.30. The molecule has 0 aliphatic carbocycles. The summed E-state index contributed by atoms with van der Waals surface area (Å²) in [5, 5.41) is 10.5. The van der Waals surface area contributed by atoms with Gasteiger partial charge in [0, 0.05) is 43.0 Å². The summed E-state index contributed by atoms with van der Waals surface area (Å²) < 4.78 is 11.4. The standard InChI is InChI=1S/C33H29N3O7S/c1-3-18-33(34-19-23-14-16-27(17-15-23)36(40)41)31(39)35-28(26(20-42-22(2)37)21-44-32(33)35)30(38)43-29(24-10-6-4-7-11-24)25-12-8-5-9-13-25/h3-17,19,29,32H,1,18,20-21H2,2H3/t32-,33+/m1/s1. The van der Waals surface area contributed by atoms with E-state index in [-0.39, 0.29) is 24.4 Å². The topological polar surface area (TPSA) is 128 Å². The Morgan fingerprint density at radius 3 is 2.25 bits per heavy atom. The van der Waals surface area contributed by atoms with Crippen molar-refractivity contribution in [2.45, 2.75) is 30.4 Å². The molecule has 3 aromatic carbocycles. The molecule has 10 nitrogen and oxygen atoms in total. The molecule has 2 heterocycles. The molecule has 2 aliphatic heterocycles. The van der Waals surface area contributed by atoms with Gasteiger partial charge in [-0.05, 0) is 28.8 Å². The van der Waals surface area contributed by atoms with Crippen LogP contribution in [0, 0.1) is 10.1 Å². The molecule has 3 aromatic rings. The smallest absolute Gasteiger partial charge is 0.356 e. The zero-order chi connectivity index (χ0) is 31.3. The van der Waals surface area contributed by atoms with Gasteiger partial charge in [0.1, 0.15) is 17.7 Å². The lowest BCUT2D eigenvalue weighted by molar-refractivity contribution is -0.384. The number of nitro benzene ring substituents is 1. The minimum atomic E-state index is -1.26. The van der Waals surface area contributed by atoms with Crippen LogP contribution in [-0.4, -0.2) is 57.2 Å². The van der Waals surface area contributed by atoms with Crippen LogP contribution >= 0.6 is 11.8 Å². The second-order valence-electron chi connectivity index (χ2n) is 10.2. The molecule has 2 atom stereocenters. The Morgan fingerprint density at radius 2 is 1.70 bits per heavy atom. The number of hydrogen-bond acceptors (Lipinski definition) is 9. The maximum absolute atomic E-state index is 14.0. The highest BCUT2D eigenvalue weighted by Crippen LogP contribution is 2.50. The van der Waals surface area contributed by atoms with Crippen molar-refractivity contribution >= 4 is 41.5 Å². The van der Waals surface area contributed by atoms with Gasteiger partial charge in [-0.3, -0.25) is 29.6 Å². The number of benzene rings is 3. The van der Waals surface area contributed by atoms with Gasteiger partial charge in [-0.15, -0.1) is 18.3 Å². The Bertz CT molecular complexity index is 1600. The summed E-state index contributed by atoms with van der Waals surface area (Å²) in [6, 6.07) is 24.4. The molecular weight excluding hydrogens is 582 g/mol. The average molecular weight is 612 g/mol. The molecule has 1 amide bonds. The molecule has 0 radical (unpaired) electrons. The molecule has 0 spiro atoms. The van der Waals surface area contributed by atoms with E-state index in [0.29, 0.717) is 16.9 Å². The number of aliphatic imine (C=N–C) groups is 1. The van der Waals surface area contributed by atoms with Crippen molar-refractivity contribution in [1.29, 1.82) is 0 Å². The summed E-state index contributed by atoms with van der Waals surface area (Å²) in [6.45, 7) is 4.92. The number of rotatable bonds is 11. The SMILES string of the molecule is C=CC[C@]1(N=Cc2ccc([N+](=O)[O-])cc2)C(=O)N2C(C(=O)OC(c3ccccc3)c3ccccc3)=C(COC(C)=O)CS[C@@H]21. The van der Waals surface area contributed by atoms with Crippen LogP contribution in [0.25, 0.3) is 0 Å². The normalized spacial score (nSPS) is 19.4. The van der Waals surface area contributed by atoms with E-state index < -0.39 is 39.8 Å². The monoisotopic (exact) mass is 611 g/mol. The maximum Gasteiger partial charge on any atom is 0.356 e. The molecule has 2 aliphatic rings. The Labute approximate surface area is 258 Å². The number of esters is 2. The molecule has 0 saturated carbocycles. The summed E-state index contributed by atoms with van der Waals surface area (Å²) in [7, 11) is 0. The highest BCUT2D eigenvalue weighted by molar-refractivity contribution is 8.00. The lowest BCUT2D eigenvalue weighted by atomic mass is 9.83. The first-order chi connectivity index (χ1) is 21.2. The van der Waals surface area contributed by atoms with E-state index >= 15 is 0 Å². The van der Waals surface area contributed by atoms with Gasteiger partial charge in [-0.2, -0.15) is 0 Å². The number of thioether (sulfide) groups is 1. The molecule has 5 rings (SSSR count). The molecule has 44 heavy (non-hydrogen) atoms. The average Bonchev–Trinajstić information content (AvgIpc) is 3.04. The van der Waals surface area contributed by atoms with E-state index in [2.05, 4.69) is 11.6 Å². The van der Waals surface area contributed by atoms with Crippen molar-refractivity contribution < 1.29 is 28.8 Å². The van der Waals surface area contributed by atoms with Crippen molar-refractivity contribution in [3.63, 3.8) is 0 Å². The number of hydrogen-bond donors (Lipinski definition) is 0. The first-order valence-electron chi connectivity index (χ1n) is 13.8. The van der Waals surface area contributed by atoms with Crippen LogP contribution < -0.4 is 0 Å². The fourth-order valence-corrected chi connectivity index (χ4v) is 6.62. The number of carbonyl (C=O) groups is 3. The number of nitro groups is 1. The summed E-state index contributed by atoms with van der Waals surface area (Å²) in [5.41, 5.74) is 1.23. The highest BCUT2D eigenvalue weighted by atomic mass is 32.2. The minimum Gasteiger partial charge on any atom is -0.461 e.